The van der Waals surface area contributed by atoms with Gasteiger partial charge in [0.2, 0.25) is 5.91 Å². The van der Waals surface area contributed by atoms with Crippen LogP contribution in [0, 0.1) is 5.82 Å². The van der Waals surface area contributed by atoms with Crippen LogP contribution >= 0.6 is 0 Å². The molecule has 90 valence electrons. The second-order valence-electron chi connectivity index (χ2n) is 3.83. The van der Waals surface area contributed by atoms with Crippen molar-refractivity contribution in [2.45, 2.75) is 0 Å². The monoisotopic (exact) mass is 241 g/mol. The molecule has 2 N–H and O–H groups in total. The van der Waals surface area contributed by atoms with Crippen molar-refractivity contribution >= 4 is 12.0 Å². The number of benzene rings is 2. The Labute approximate surface area is 105 Å². The third-order valence-electron chi connectivity index (χ3n) is 2.52. The number of primary amides is 1. The van der Waals surface area contributed by atoms with Gasteiger partial charge in [-0.3, -0.25) is 4.79 Å². The van der Waals surface area contributed by atoms with E-state index in [-0.39, 0.29) is 5.82 Å². The third kappa shape index (κ3) is 2.83. The number of carbonyl (C=O) groups is 1. The fourth-order valence-electron chi connectivity index (χ4n) is 1.73. The van der Waals surface area contributed by atoms with Gasteiger partial charge < -0.3 is 5.73 Å². The highest BCUT2D eigenvalue weighted by Crippen LogP contribution is 2.25. The van der Waals surface area contributed by atoms with Gasteiger partial charge in [0.05, 0.1) is 0 Å². The molecule has 0 aliphatic carbocycles. The predicted octanol–water partition coefficient (Wildman–Crippen LogP) is 2.99. The van der Waals surface area contributed by atoms with E-state index in [1.54, 1.807) is 12.1 Å². The first-order chi connectivity index (χ1) is 8.66. The fourth-order valence-corrected chi connectivity index (χ4v) is 1.73. The molecule has 18 heavy (non-hydrogen) atoms. The van der Waals surface area contributed by atoms with Gasteiger partial charge in [0, 0.05) is 6.08 Å². The van der Waals surface area contributed by atoms with Crippen LogP contribution in [0.25, 0.3) is 17.2 Å². The molecule has 0 unspecified atom stereocenters. The first-order valence-electron chi connectivity index (χ1n) is 5.49. The molecule has 0 aliphatic heterocycles. The Balaban J connectivity index is 2.48. The molecule has 0 atom stereocenters. The maximum absolute atomic E-state index is 13.2. The van der Waals surface area contributed by atoms with E-state index in [1.807, 2.05) is 30.3 Å². The maximum atomic E-state index is 13.2. The number of hydrogen-bond donors (Lipinski definition) is 1. The number of hydrogen-bond acceptors (Lipinski definition) is 1. The van der Waals surface area contributed by atoms with Crippen LogP contribution in [0.2, 0.25) is 0 Å². The van der Waals surface area contributed by atoms with Gasteiger partial charge in [-0.15, -0.1) is 0 Å². The van der Waals surface area contributed by atoms with E-state index >= 15 is 0 Å². The summed E-state index contributed by atoms with van der Waals surface area (Å²) in [5.41, 5.74) is 7.51. The molecule has 0 heterocycles. The van der Waals surface area contributed by atoms with Gasteiger partial charge in [0.15, 0.2) is 0 Å². The second-order valence-corrected chi connectivity index (χ2v) is 3.83. The molecular formula is C15H12FNO. The average Bonchev–Trinajstić information content (AvgIpc) is 2.36. The molecular weight excluding hydrogens is 229 g/mol. The topological polar surface area (TPSA) is 43.1 Å². The minimum absolute atomic E-state index is 0.291. The van der Waals surface area contributed by atoms with E-state index in [9.17, 15) is 9.18 Å². The van der Waals surface area contributed by atoms with Gasteiger partial charge in [-0.25, -0.2) is 4.39 Å². The van der Waals surface area contributed by atoms with Crippen molar-refractivity contribution in [1.29, 1.82) is 0 Å². The van der Waals surface area contributed by atoms with Gasteiger partial charge >= 0.3 is 0 Å². The summed E-state index contributed by atoms with van der Waals surface area (Å²) in [5, 5.41) is 0. The minimum Gasteiger partial charge on any atom is -0.366 e. The first kappa shape index (κ1) is 12.0. The zero-order chi connectivity index (χ0) is 13.0. The van der Waals surface area contributed by atoms with Gasteiger partial charge in [-0.1, -0.05) is 36.4 Å². The minimum atomic E-state index is -0.510. The molecule has 0 saturated carbocycles. The van der Waals surface area contributed by atoms with Crippen LogP contribution < -0.4 is 5.73 Å². The Morgan fingerprint density at radius 3 is 2.61 bits per heavy atom. The van der Waals surface area contributed by atoms with Crippen molar-refractivity contribution < 1.29 is 9.18 Å². The number of amides is 1. The Morgan fingerprint density at radius 2 is 1.89 bits per heavy atom. The van der Waals surface area contributed by atoms with Crippen LogP contribution in [-0.4, -0.2) is 5.91 Å². The maximum Gasteiger partial charge on any atom is 0.241 e. The smallest absolute Gasteiger partial charge is 0.241 e. The third-order valence-corrected chi connectivity index (χ3v) is 2.52. The Morgan fingerprint density at radius 1 is 1.11 bits per heavy atom. The molecule has 0 saturated heterocycles. The summed E-state index contributed by atoms with van der Waals surface area (Å²) in [6.45, 7) is 0. The summed E-state index contributed by atoms with van der Waals surface area (Å²) in [5.74, 6) is -0.801. The molecule has 2 aromatic carbocycles. The molecule has 0 aromatic heterocycles. The molecule has 2 rings (SSSR count). The van der Waals surface area contributed by atoms with E-state index in [0.717, 1.165) is 16.7 Å². The lowest BCUT2D eigenvalue weighted by Gasteiger charge is -2.06. The molecule has 3 heteroatoms. The highest BCUT2D eigenvalue weighted by molar-refractivity contribution is 5.91. The summed E-state index contributed by atoms with van der Waals surface area (Å²) < 4.78 is 13.2. The first-order valence-corrected chi connectivity index (χ1v) is 5.49. The summed E-state index contributed by atoms with van der Waals surface area (Å²) >= 11 is 0. The van der Waals surface area contributed by atoms with E-state index < -0.39 is 5.91 Å². The van der Waals surface area contributed by atoms with Crippen molar-refractivity contribution in [3.05, 3.63) is 66.0 Å². The number of rotatable bonds is 3. The zero-order valence-corrected chi connectivity index (χ0v) is 9.64. The van der Waals surface area contributed by atoms with Gasteiger partial charge in [0.25, 0.3) is 0 Å². The Bertz CT molecular complexity index is 605. The van der Waals surface area contributed by atoms with E-state index in [1.165, 1.54) is 18.2 Å². The highest BCUT2D eigenvalue weighted by Gasteiger charge is 2.03. The predicted molar refractivity (Wildman–Crippen MR) is 70.1 cm³/mol. The summed E-state index contributed by atoms with van der Waals surface area (Å²) in [6, 6.07) is 13.8. The van der Waals surface area contributed by atoms with Crippen molar-refractivity contribution in [1.82, 2.24) is 0 Å². The molecule has 0 radical (unpaired) electrons. The van der Waals surface area contributed by atoms with E-state index in [4.69, 9.17) is 5.73 Å². The van der Waals surface area contributed by atoms with Crippen LogP contribution in [0.1, 0.15) is 5.56 Å². The van der Waals surface area contributed by atoms with Crippen molar-refractivity contribution in [2.75, 3.05) is 0 Å². The van der Waals surface area contributed by atoms with Crippen LogP contribution in [0.4, 0.5) is 4.39 Å². The summed E-state index contributed by atoms with van der Waals surface area (Å²) in [4.78, 5) is 10.7. The largest absolute Gasteiger partial charge is 0.366 e. The van der Waals surface area contributed by atoms with E-state index in [2.05, 4.69) is 0 Å². The van der Waals surface area contributed by atoms with Crippen molar-refractivity contribution in [3.8, 4) is 11.1 Å². The second kappa shape index (κ2) is 5.27. The van der Waals surface area contributed by atoms with Gasteiger partial charge in [-0.2, -0.15) is 0 Å². The van der Waals surface area contributed by atoms with Crippen LogP contribution in [0.15, 0.2) is 54.6 Å². The van der Waals surface area contributed by atoms with Gasteiger partial charge in [-0.05, 0) is 34.9 Å². The van der Waals surface area contributed by atoms with Crippen molar-refractivity contribution in [2.24, 2.45) is 5.73 Å². The Kier molecular flexibility index (Phi) is 3.53. The number of carbonyl (C=O) groups excluding carboxylic acids is 1. The summed E-state index contributed by atoms with van der Waals surface area (Å²) in [7, 11) is 0. The molecule has 0 spiro atoms. The normalized spacial score (nSPS) is 10.7. The lowest BCUT2D eigenvalue weighted by Crippen LogP contribution is -2.05. The average molecular weight is 241 g/mol. The molecule has 0 fully saturated rings. The van der Waals surface area contributed by atoms with Crippen LogP contribution in [-0.2, 0) is 4.79 Å². The SMILES string of the molecule is NC(=O)C=Cc1ccccc1-c1cccc(F)c1. The molecule has 0 aliphatic rings. The lowest BCUT2D eigenvalue weighted by molar-refractivity contribution is -0.113. The standard InChI is InChI=1S/C15H12FNO/c16-13-6-3-5-12(10-13)14-7-2-1-4-11(14)8-9-15(17)18/h1-10H,(H2,17,18). The van der Waals surface area contributed by atoms with Crippen LogP contribution in [0.3, 0.4) is 0 Å². The van der Waals surface area contributed by atoms with E-state index in [0.29, 0.717) is 0 Å². The Hall–Kier alpha value is -2.42. The summed E-state index contributed by atoms with van der Waals surface area (Å²) in [6.07, 6.45) is 2.92. The fraction of sp³-hybridized carbons (Fsp3) is 0. The van der Waals surface area contributed by atoms with Gasteiger partial charge in [0.1, 0.15) is 5.82 Å². The lowest BCUT2D eigenvalue weighted by atomic mass is 9.99. The zero-order valence-electron chi connectivity index (χ0n) is 9.64. The highest BCUT2D eigenvalue weighted by atomic mass is 19.1. The quantitative estimate of drug-likeness (QED) is 0.825. The molecule has 2 aromatic rings. The molecule has 0 bridgehead atoms. The number of nitrogens with two attached hydrogens (primary N) is 1. The molecule has 2 nitrogen and oxygen atoms in total. The number of halogens is 1. The molecule has 1 amide bonds. The van der Waals surface area contributed by atoms with Crippen LogP contribution in [0.5, 0.6) is 0 Å². The van der Waals surface area contributed by atoms with Crippen molar-refractivity contribution in [3.63, 3.8) is 0 Å².